The zero-order valence-electron chi connectivity index (χ0n) is 12.4. The predicted molar refractivity (Wildman–Crippen MR) is 84.2 cm³/mol. The molecule has 0 unspecified atom stereocenters. The summed E-state index contributed by atoms with van der Waals surface area (Å²) in [5.74, 6) is 0. The molecule has 0 heterocycles. The zero-order chi connectivity index (χ0) is 16.0. The number of anilines is 2. The summed E-state index contributed by atoms with van der Waals surface area (Å²) >= 11 is 0. The van der Waals surface area contributed by atoms with Crippen LogP contribution >= 0.6 is 0 Å². The van der Waals surface area contributed by atoms with Crippen LogP contribution in [0, 0.1) is 6.92 Å². The summed E-state index contributed by atoms with van der Waals surface area (Å²) in [7, 11) is 0. The fourth-order valence-corrected chi connectivity index (χ4v) is 2.12. The Balaban J connectivity index is 1.76. The average molecular weight is 308 g/mol. The highest BCUT2D eigenvalue weighted by Gasteiger charge is 2.30. The Morgan fingerprint density at radius 2 is 1.64 bits per heavy atom. The molecule has 0 aromatic heterocycles. The maximum Gasteiger partial charge on any atom is 0.416 e. The summed E-state index contributed by atoms with van der Waals surface area (Å²) in [6.07, 6.45) is -3.49. The summed E-state index contributed by atoms with van der Waals surface area (Å²) in [6, 6.07) is 13.3. The number of nitrogens with one attached hydrogen (secondary N) is 2. The minimum atomic E-state index is -4.30. The van der Waals surface area contributed by atoms with Crippen molar-refractivity contribution in [2.75, 3.05) is 23.7 Å². The van der Waals surface area contributed by atoms with E-state index in [4.69, 9.17) is 0 Å². The van der Waals surface area contributed by atoms with E-state index in [1.165, 1.54) is 11.6 Å². The van der Waals surface area contributed by atoms with Gasteiger partial charge in [-0.25, -0.2) is 0 Å². The molecule has 2 nitrogen and oxygen atoms in total. The van der Waals surface area contributed by atoms with Crippen LogP contribution in [0.4, 0.5) is 24.5 Å². The molecule has 0 radical (unpaired) electrons. The van der Waals surface area contributed by atoms with Crippen molar-refractivity contribution in [1.29, 1.82) is 0 Å². The van der Waals surface area contributed by atoms with Crippen molar-refractivity contribution in [2.45, 2.75) is 19.5 Å². The van der Waals surface area contributed by atoms with Crippen LogP contribution in [0.1, 0.15) is 17.5 Å². The first-order chi connectivity index (χ1) is 10.5. The molecule has 0 bridgehead atoms. The van der Waals surface area contributed by atoms with E-state index in [0.717, 1.165) is 30.8 Å². The molecule has 0 amide bonds. The van der Waals surface area contributed by atoms with Crippen molar-refractivity contribution < 1.29 is 13.2 Å². The third-order valence-electron chi connectivity index (χ3n) is 3.33. The van der Waals surface area contributed by atoms with Gasteiger partial charge < -0.3 is 10.6 Å². The molecule has 0 aliphatic rings. The van der Waals surface area contributed by atoms with Crippen LogP contribution in [-0.2, 0) is 6.18 Å². The van der Waals surface area contributed by atoms with Crippen LogP contribution in [0.5, 0.6) is 0 Å². The second-order valence-corrected chi connectivity index (χ2v) is 5.10. The fourth-order valence-electron chi connectivity index (χ4n) is 2.12. The van der Waals surface area contributed by atoms with Crippen molar-refractivity contribution in [1.82, 2.24) is 0 Å². The number of hydrogen-bond acceptors (Lipinski definition) is 2. The first kappa shape index (κ1) is 16.2. The van der Waals surface area contributed by atoms with Crippen LogP contribution in [-0.4, -0.2) is 13.1 Å². The highest BCUT2D eigenvalue weighted by atomic mass is 19.4. The lowest BCUT2D eigenvalue weighted by Crippen LogP contribution is -2.10. The Kier molecular flexibility index (Phi) is 5.31. The topological polar surface area (TPSA) is 24.1 Å². The maximum atomic E-state index is 12.6. The number of alkyl halides is 3. The van der Waals surface area contributed by atoms with Gasteiger partial charge in [0.25, 0.3) is 0 Å². The molecular weight excluding hydrogens is 289 g/mol. The van der Waals surface area contributed by atoms with Crippen molar-refractivity contribution >= 4 is 11.4 Å². The van der Waals surface area contributed by atoms with Crippen LogP contribution in [0.25, 0.3) is 0 Å². The number of halogens is 3. The van der Waals surface area contributed by atoms with E-state index in [1.54, 1.807) is 6.07 Å². The highest BCUT2D eigenvalue weighted by molar-refractivity contribution is 5.50. The van der Waals surface area contributed by atoms with Gasteiger partial charge >= 0.3 is 6.18 Å². The van der Waals surface area contributed by atoms with Crippen LogP contribution in [0.3, 0.4) is 0 Å². The van der Waals surface area contributed by atoms with Gasteiger partial charge in [-0.2, -0.15) is 13.2 Å². The average Bonchev–Trinajstić information content (AvgIpc) is 2.48. The fraction of sp³-hybridized carbons (Fsp3) is 0.294. The number of aryl methyl sites for hydroxylation is 1. The second-order valence-electron chi connectivity index (χ2n) is 5.10. The lowest BCUT2D eigenvalue weighted by molar-refractivity contribution is -0.137. The first-order valence-electron chi connectivity index (χ1n) is 7.17. The highest BCUT2D eigenvalue weighted by Crippen LogP contribution is 2.30. The Morgan fingerprint density at radius 1 is 0.909 bits per heavy atom. The van der Waals surface area contributed by atoms with Crippen LogP contribution < -0.4 is 10.6 Å². The van der Waals surface area contributed by atoms with Crippen LogP contribution in [0.2, 0.25) is 0 Å². The summed E-state index contributed by atoms with van der Waals surface area (Å²) in [5, 5.41) is 6.33. The molecule has 22 heavy (non-hydrogen) atoms. The molecule has 2 aromatic rings. The number of rotatable bonds is 6. The van der Waals surface area contributed by atoms with Gasteiger partial charge in [0.15, 0.2) is 0 Å². The largest absolute Gasteiger partial charge is 0.416 e. The van der Waals surface area contributed by atoms with E-state index in [0.29, 0.717) is 12.2 Å². The lowest BCUT2D eigenvalue weighted by Gasteiger charge is -2.12. The van der Waals surface area contributed by atoms with Crippen LogP contribution in [0.15, 0.2) is 48.5 Å². The molecule has 0 fully saturated rings. The van der Waals surface area contributed by atoms with Gasteiger partial charge in [-0.15, -0.1) is 0 Å². The minimum Gasteiger partial charge on any atom is -0.385 e. The van der Waals surface area contributed by atoms with E-state index in [-0.39, 0.29) is 0 Å². The second kappa shape index (κ2) is 7.20. The summed E-state index contributed by atoms with van der Waals surface area (Å²) in [6.45, 7) is 3.40. The smallest absolute Gasteiger partial charge is 0.385 e. The van der Waals surface area contributed by atoms with Gasteiger partial charge in [0.1, 0.15) is 0 Å². The number of para-hydroxylation sites is 1. The third kappa shape index (κ3) is 4.69. The van der Waals surface area contributed by atoms with E-state index >= 15 is 0 Å². The molecule has 0 aliphatic heterocycles. The Hall–Kier alpha value is -2.17. The van der Waals surface area contributed by atoms with Crippen molar-refractivity contribution in [2.24, 2.45) is 0 Å². The molecule has 2 N–H and O–H groups in total. The van der Waals surface area contributed by atoms with Gasteiger partial charge in [0.05, 0.1) is 5.56 Å². The molecule has 5 heteroatoms. The number of hydrogen-bond donors (Lipinski definition) is 2. The third-order valence-corrected chi connectivity index (χ3v) is 3.33. The molecule has 2 aromatic carbocycles. The van der Waals surface area contributed by atoms with Crippen molar-refractivity contribution in [3.8, 4) is 0 Å². The molecule has 2 rings (SSSR count). The predicted octanol–water partition coefficient (Wildman–Crippen LogP) is 4.93. The molecule has 0 saturated carbocycles. The Morgan fingerprint density at radius 3 is 2.36 bits per heavy atom. The number of benzene rings is 2. The molecule has 0 aliphatic carbocycles. The molecule has 118 valence electrons. The SMILES string of the molecule is Cc1ccccc1NCCCNc1cccc(C(F)(F)F)c1. The van der Waals surface area contributed by atoms with Gasteiger partial charge in [-0.3, -0.25) is 0 Å². The molecular formula is C17H19F3N2. The molecule has 0 spiro atoms. The summed E-state index contributed by atoms with van der Waals surface area (Å²) < 4.78 is 37.8. The first-order valence-corrected chi connectivity index (χ1v) is 7.17. The van der Waals surface area contributed by atoms with Crippen molar-refractivity contribution in [3.63, 3.8) is 0 Å². The van der Waals surface area contributed by atoms with Gasteiger partial charge in [0.2, 0.25) is 0 Å². The summed E-state index contributed by atoms with van der Waals surface area (Å²) in [4.78, 5) is 0. The lowest BCUT2D eigenvalue weighted by atomic mass is 10.2. The van der Waals surface area contributed by atoms with Crippen molar-refractivity contribution in [3.05, 3.63) is 59.7 Å². The minimum absolute atomic E-state index is 0.491. The maximum absolute atomic E-state index is 12.6. The van der Waals surface area contributed by atoms with Gasteiger partial charge in [-0.05, 0) is 43.2 Å². The normalized spacial score (nSPS) is 11.3. The standard InChI is InChI=1S/C17H19F3N2/c1-13-6-2-3-9-16(13)22-11-5-10-21-15-8-4-7-14(12-15)17(18,19)20/h2-4,6-9,12,21-22H,5,10-11H2,1H3. The van der Waals surface area contributed by atoms with E-state index in [2.05, 4.69) is 10.6 Å². The Labute approximate surface area is 128 Å². The Bertz CT molecular complexity index is 609. The monoisotopic (exact) mass is 308 g/mol. The zero-order valence-corrected chi connectivity index (χ0v) is 12.4. The van der Waals surface area contributed by atoms with Gasteiger partial charge in [-0.1, -0.05) is 24.3 Å². The quantitative estimate of drug-likeness (QED) is 0.740. The molecule has 0 saturated heterocycles. The van der Waals surface area contributed by atoms with Gasteiger partial charge in [0, 0.05) is 24.5 Å². The molecule has 0 atom stereocenters. The summed E-state index contributed by atoms with van der Waals surface area (Å²) in [5.41, 5.74) is 2.12. The van der Waals surface area contributed by atoms with E-state index in [1.807, 2.05) is 31.2 Å². The van der Waals surface area contributed by atoms with E-state index < -0.39 is 11.7 Å². The van der Waals surface area contributed by atoms with E-state index in [9.17, 15) is 13.2 Å².